The van der Waals surface area contributed by atoms with E-state index in [-0.39, 0.29) is 11.9 Å². The highest BCUT2D eigenvalue weighted by Gasteiger charge is 2.11. The lowest BCUT2D eigenvalue weighted by Gasteiger charge is -2.13. The Kier molecular flexibility index (Phi) is 7.44. The SMILES string of the molecule is CCCc1noc(CCC(=O)N[C@@H](C)CCc2ccc(OC)cc2)n1. The molecule has 2 rings (SSSR count). The van der Waals surface area contributed by atoms with E-state index in [1.54, 1.807) is 7.11 Å². The molecule has 1 N–H and O–H groups in total. The highest BCUT2D eigenvalue weighted by molar-refractivity contribution is 5.76. The molecule has 1 aromatic carbocycles. The summed E-state index contributed by atoms with van der Waals surface area (Å²) in [7, 11) is 1.66. The number of amides is 1. The number of carbonyl (C=O) groups excluding carboxylic acids is 1. The molecule has 0 radical (unpaired) electrons. The van der Waals surface area contributed by atoms with E-state index in [9.17, 15) is 4.79 Å². The Morgan fingerprint density at radius 1 is 1.24 bits per heavy atom. The number of benzene rings is 1. The third kappa shape index (κ3) is 6.57. The van der Waals surface area contributed by atoms with Crippen LogP contribution in [0.5, 0.6) is 5.75 Å². The topological polar surface area (TPSA) is 77.2 Å². The van der Waals surface area contributed by atoms with E-state index in [2.05, 4.69) is 34.5 Å². The fraction of sp³-hybridized carbons (Fsp3) is 0.526. The maximum Gasteiger partial charge on any atom is 0.227 e. The van der Waals surface area contributed by atoms with Gasteiger partial charge in [-0.05, 0) is 43.9 Å². The molecule has 136 valence electrons. The second-order valence-electron chi connectivity index (χ2n) is 6.21. The number of ether oxygens (including phenoxy) is 1. The molecule has 0 unspecified atom stereocenters. The number of nitrogens with zero attached hydrogens (tertiary/aromatic N) is 2. The summed E-state index contributed by atoms with van der Waals surface area (Å²) in [5, 5.41) is 6.91. The van der Waals surface area contributed by atoms with Gasteiger partial charge in [0.05, 0.1) is 7.11 Å². The van der Waals surface area contributed by atoms with Crippen molar-refractivity contribution in [3.63, 3.8) is 0 Å². The van der Waals surface area contributed by atoms with Gasteiger partial charge in [-0.15, -0.1) is 0 Å². The molecule has 25 heavy (non-hydrogen) atoms. The number of methoxy groups -OCH3 is 1. The molecule has 0 fully saturated rings. The smallest absolute Gasteiger partial charge is 0.227 e. The number of carbonyl (C=O) groups is 1. The number of rotatable bonds is 10. The first-order valence-electron chi connectivity index (χ1n) is 8.84. The Morgan fingerprint density at radius 3 is 2.68 bits per heavy atom. The molecular weight excluding hydrogens is 318 g/mol. The first-order chi connectivity index (χ1) is 12.1. The van der Waals surface area contributed by atoms with Gasteiger partial charge in [-0.1, -0.05) is 24.2 Å². The van der Waals surface area contributed by atoms with E-state index in [1.165, 1.54) is 5.56 Å². The average Bonchev–Trinajstić information content (AvgIpc) is 3.06. The summed E-state index contributed by atoms with van der Waals surface area (Å²) in [6.07, 6.45) is 4.42. The van der Waals surface area contributed by atoms with Gasteiger partial charge in [-0.3, -0.25) is 4.79 Å². The van der Waals surface area contributed by atoms with Crippen molar-refractivity contribution in [1.82, 2.24) is 15.5 Å². The largest absolute Gasteiger partial charge is 0.497 e. The van der Waals surface area contributed by atoms with Gasteiger partial charge in [0, 0.05) is 25.3 Å². The van der Waals surface area contributed by atoms with Crippen LogP contribution in [0.25, 0.3) is 0 Å². The summed E-state index contributed by atoms with van der Waals surface area (Å²) in [6, 6.07) is 8.13. The van der Waals surface area contributed by atoms with Crippen LogP contribution in [0.3, 0.4) is 0 Å². The van der Waals surface area contributed by atoms with Crippen molar-refractivity contribution in [2.24, 2.45) is 0 Å². The molecule has 1 amide bonds. The van der Waals surface area contributed by atoms with Crippen LogP contribution in [0.15, 0.2) is 28.8 Å². The van der Waals surface area contributed by atoms with E-state index >= 15 is 0 Å². The van der Waals surface area contributed by atoms with Gasteiger partial charge in [0.15, 0.2) is 5.82 Å². The van der Waals surface area contributed by atoms with E-state index in [4.69, 9.17) is 9.26 Å². The van der Waals surface area contributed by atoms with E-state index < -0.39 is 0 Å². The summed E-state index contributed by atoms with van der Waals surface area (Å²) in [4.78, 5) is 16.3. The Balaban J connectivity index is 1.68. The first-order valence-corrected chi connectivity index (χ1v) is 8.84. The van der Waals surface area contributed by atoms with Gasteiger partial charge in [-0.2, -0.15) is 4.98 Å². The van der Waals surface area contributed by atoms with Gasteiger partial charge in [0.25, 0.3) is 0 Å². The fourth-order valence-corrected chi connectivity index (χ4v) is 2.53. The maximum atomic E-state index is 12.0. The second-order valence-corrected chi connectivity index (χ2v) is 6.21. The van der Waals surface area contributed by atoms with Crippen molar-refractivity contribution in [1.29, 1.82) is 0 Å². The lowest BCUT2D eigenvalue weighted by Crippen LogP contribution is -2.33. The highest BCUT2D eigenvalue weighted by atomic mass is 16.5. The van der Waals surface area contributed by atoms with Crippen molar-refractivity contribution < 1.29 is 14.1 Å². The van der Waals surface area contributed by atoms with Gasteiger partial charge in [0.1, 0.15) is 5.75 Å². The molecule has 0 spiro atoms. The molecule has 1 atom stereocenters. The summed E-state index contributed by atoms with van der Waals surface area (Å²) >= 11 is 0. The van der Waals surface area contributed by atoms with Crippen LogP contribution in [0.1, 0.15) is 50.4 Å². The molecule has 0 aliphatic carbocycles. The third-order valence-corrected chi connectivity index (χ3v) is 3.98. The Hall–Kier alpha value is -2.37. The second kappa shape index (κ2) is 9.81. The Morgan fingerprint density at radius 2 is 2.00 bits per heavy atom. The Bertz CT molecular complexity index is 652. The molecule has 2 aromatic rings. The number of aryl methyl sites for hydroxylation is 3. The zero-order valence-corrected chi connectivity index (χ0v) is 15.2. The van der Waals surface area contributed by atoms with Gasteiger partial charge in [-0.25, -0.2) is 0 Å². The molecular formula is C19H27N3O3. The molecule has 1 aromatic heterocycles. The van der Waals surface area contributed by atoms with Crippen LogP contribution in [0, 0.1) is 0 Å². The van der Waals surface area contributed by atoms with Crippen molar-refractivity contribution in [3.05, 3.63) is 41.5 Å². The van der Waals surface area contributed by atoms with Crippen molar-refractivity contribution in [2.45, 2.75) is 58.4 Å². The van der Waals surface area contributed by atoms with Crippen molar-refractivity contribution in [3.8, 4) is 5.75 Å². The molecule has 0 saturated heterocycles. The van der Waals surface area contributed by atoms with Gasteiger partial charge in [0.2, 0.25) is 11.8 Å². The Labute approximate surface area is 149 Å². The van der Waals surface area contributed by atoms with Crippen molar-refractivity contribution in [2.75, 3.05) is 7.11 Å². The number of aromatic nitrogens is 2. The van der Waals surface area contributed by atoms with E-state index in [0.717, 1.165) is 31.4 Å². The number of hydrogen-bond donors (Lipinski definition) is 1. The molecule has 6 heteroatoms. The van der Waals surface area contributed by atoms with Crippen LogP contribution >= 0.6 is 0 Å². The zero-order chi connectivity index (χ0) is 18.1. The fourth-order valence-electron chi connectivity index (χ4n) is 2.53. The van der Waals surface area contributed by atoms with Crippen molar-refractivity contribution >= 4 is 5.91 Å². The van der Waals surface area contributed by atoms with Crippen LogP contribution in [0.4, 0.5) is 0 Å². The minimum atomic E-state index is 0.0115. The third-order valence-electron chi connectivity index (χ3n) is 3.98. The van der Waals surface area contributed by atoms with Gasteiger partial charge >= 0.3 is 0 Å². The zero-order valence-electron chi connectivity index (χ0n) is 15.2. The highest BCUT2D eigenvalue weighted by Crippen LogP contribution is 2.13. The lowest BCUT2D eigenvalue weighted by molar-refractivity contribution is -0.121. The van der Waals surface area contributed by atoms with Crippen LogP contribution in [0.2, 0.25) is 0 Å². The lowest BCUT2D eigenvalue weighted by atomic mass is 10.1. The normalized spacial score (nSPS) is 12.0. The predicted octanol–water partition coefficient (Wildman–Crippen LogP) is 3.10. The van der Waals surface area contributed by atoms with Crippen LogP contribution in [-0.4, -0.2) is 29.2 Å². The van der Waals surface area contributed by atoms with E-state index in [1.807, 2.05) is 19.1 Å². The minimum absolute atomic E-state index is 0.0115. The monoisotopic (exact) mass is 345 g/mol. The minimum Gasteiger partial charge on any atom is -0.497 e. The number of hydrogen-bond acceptors (Lipinski definition) is 5. The molecule has 0 saturated carbocycles. The number of nitrogens with one attached hydrogen (secondary N) is 1. The van der Waals surface area contributed by atoms with E-state index in [0.29, 0.717) is 24.6 Å². The molecule has 6 nitrogen and oxygen atoms in total. The van der Waals surface area contributed by atoms with Crippen LogP contribution in [-0.2, 0) is 24.1 Å². The molecule has 0 aliphatic heterocycles. The average molecular weight is 345 g/mol. The standard InChI is InChI=1S/C19H27N3O3/c1-4-5-17-21-19(25-22-17)13-12-18(23)20-14(2)6-7-15-8-10-16(24-3)11-9-15/h8-11,14H,4-7,12-13H2,1-3H3,(H,20,23)/t14-/m0/s1. The maximum absolute atomic E-state index is 12.0. The predicted molar refractivity (Wildman–Crippen MR) is 95.5 cm³/mol. The summed E-state index contributed by atoms with van der Waals surface area (Å²) < 4.78 is 10.3. The quantitative estimate of drug-likeness (QED) is 0.716. The first kappa shape index (κ1) is 19.0. The molecule has 1 heterocycles. The van der Waals surface area contributed by atoms with Gasteiger partial charge < -0.3 is 14.6 Å². The molecule has 0 aliphatic rings. The van der Waals surface area contributed by atoms with Crippen LogP contribution < -0.4 is 10.1 Å². The summed E-state index contributed by atoms with van der Waals surface area (Å²) in [5.41, 5.74) is 1.23. The summed E-state index contributed by atoms with van der Waals surface area (Å²) in [5.74, 6) is 2.11. The molecule has 0 bridgehead atoms. The summed E-state index contributed by atoms with van der Waals surface area (Å²) in [6.45, 7) is 4.09.